The summed E-state index contributed by atoms with van der Waals surface area (Å²) in [6.45, 7) is 10.5. The molecule has 3 aromatic carbocycles. The maximum absolute atomic E-state index is 14.4. The lowest BCUT2D eigenvalue weighted by molar-refractivity contribution is -0.153. The van der Waals surface area contributed by atoms with Gasteiger partial charge in [0.25, 0.3) is 11.8 Å². The van der Waals surface area contributed by atoms with Crippen LogP contribution in [0.3, 0.4) is 0 Å². The van der Waals surface area contributed by atoms with Crippen molar-refractivity contribution in [1.29, 1.82) is 0 Å². The molecule has 13 nitrogen and oxygen atoms in total. The molecule has 0 aliphatic carbocycles. The lowest BCUT2D eigenvalue weighted by atomic mass is 10.00. The number of hydrogen-bond donors (Lipinski definition) is 1. The van der Waals surface area contributed by atoms with Crippen LogP contribution in [0.1, 0.15) is 65.2 Å². The molecule has 0 spiro atoms. The van der Waals surface area contributed by atoms with Crippen molar-refractivity contribution in [2.45, 2.75) is 76.7 Å². The number of rotatable bonds is 8. The molecule has 3 unspecified atom stereocenters. The van der Waals surface area contributed by atoms with Crippen LogP contribution in [0.2, 0.25) is 0 Å². The van der Waals surface area contributed by atoms with E-state index in [1.54, 1.807) is 65.8 Å². The van der Waals surface area contributed by atoms with E-state index in [1.807, 2.05) is 60.7 Å². The fourth-order valence-electron chi connectivity index (χ4n) is 6.35. The van der Waals surface area contributed by atoms with Gasteiger partial charge in [-0.2, -0.15) is 0 Å². The minimum absolute atomic E-state index is 0.156. The van der Waals surface area contributed by atoms with Crippen molar-refractivity contribution < 1.29 is 47.1 Å². The number of hydrogen-bond acceptors (Lipinski definition) is 10. The molecular weight excluding hydrogens is 727 g/mol. The summed E-state index contributed by atoms with van der Waals surface area (Å²) in [7, 11) is -1.79. The van der Waals surface area contributed by atoms with Gasteiger partial charge in [-0.05, 0) is 95.0 Å². The van der Waals surface area contributed by atoms with Gasteiger partial charge in [0.2, 0.25) is 0 Å². The summed E-state index contributed by atoms with van der Waals surface area (Å²) in [5.41, 5.74) is 0.678. The van der Waals surface area contributed by atoms with Gasteiger partial charge in [-0.25, -0.2) is 14.4 Å². The number of carbonyl (C=O) groups excluding carboxylic acids is 5. The molecule has 2 saturated heterocycles. The fourth-order valence-corrected chi connectivity index (χ4v) is 7.98. The highest BCUT2D eigenvalue weighted by Gasteiger charge is 2.58. The van der Waals surface area contributed by atoms with Crippen molar-refractivity contribution in [3.05, 3.63) is 119 Å². The summed E-state index contributed by atoms with van der Waals surface area (Å²) in [5.74, 6) is -1.86. The third-order valence-electron chi connectivity index (χ3n) is 8.66. The molecule has 288 valence electrons. The smallest absolute Gasteiger partial charge is 0.448 e. The predicted octanol–water partition coefficient (Wildman–Crippen LogP) is 6.07. The van der Waals surface area contributed by atoms with Crippen molar-refractivity contribution in [3.8, 4) is 5.75 Å². The first-order valence-electron chi connectivity index (χ1n) is 17.8. The number of allylic oxidation sites excluding steroid dienone is 1. The zero-order valence-electron chi connectivity index (χ0n) is 31.4. The quantitative estimate of drug-likeness (QED) is 0.0937. The molecule has 3 amide bonds. The van der Waals surface area contributed by atoms with Crippen LogP contribution in [-0.4, -0.2) is 74.1 Å². The molecule has 0 radical (unpaired) electrons. The van der Waals surface area contributed by atoms with Crippen LogP contribution in [0.5, 0.6) is 5.75 Å². The number of amides is 3. The molecule has 0 aromatic heterocycles. The number of fused-ring (bicyclic) bond motifs is 1. The molecule has 55 heavy (non-hydrogen) atoms. The number of nitrogens with zero attached hydrogens (tertiary/aromatic N) is 2. The van der Waals surface area contributed by atoms with Gasteiger partial charge in [0.05, 0.1) is 16.6 Å². The largest absolute Gasteiger partial charge is 0.514 e. The Morgan fingerprint density at radius 1 is 0.836 bits per heavy atom. The average Bonchev–Trinajstić information content (AvgIpc) is 3.47. The minimum atomic E-state index is -1.79. The van der Waals surface area contributed by atoms with E-state index < -0.39 is 63.6 Å². The number of alkyl carbamates (subject to hydrolysis) is 1. The van der Waals surface area contributed by atoms with E-state index in [0.29, 0.717) is 28.9 Å². The topological polar surface area (TPSA) is 158 Å². The summed E-state index contributed by atoms with van der Waals surface area (Å²) >= 11 is 0. The third-order valence-corrected chi connectivity index (χ3v) is 10.3. The van der Waals surface area contributed by atoms with E-state index in [9.17, 15) is 28.2 Å². The zero-order valence-corrected chi connectivity index (χ0v) is 32.2. The van der Waals surface area contributed by atoms with E-state index in [1.165, 1.54) is 11.0 Å². The van der Waals surface area contributed by atoms with Crippen LogP contribution in [0, 0.1) is 0 Å². The first-order chi connectivity index (χ1) is 26.0. The molecule has 14 heteroatoms. The molecule has 3 atom stereocenters. The van der Waals surface area contributed by atoms with Gasteiger partial charge in [-0.15, -0.1) is 0 Å². The number of esters is 1. The SMILES string of the molecule is CC(C)(C)OC(=O)NC1C(=O)N2C(C(=O)OC(c3ccccc3)c3ccccc3)=C(/C=C3\CCN(c4ccc(OC(=O)OC(C)(C)C)cc4)C3=O)CS(=O)C12. The van der Waals surface area contributed by atoms with Crippen LogP contribution in [0.25, 0.3) is 0 Å². The van der Waals surface area contributed by atoms with E-state index in [2.05, 4.69) is 5.32 Å². The van der Waals surface area contributed by atoms with Crippen LogP contribution >= 0.6 is 0 Å². The Morgan fingerprint density at radius 3 is 1.98 bits per heavy atom. The maximum atomic E-state index is 14.4. The Hall–Kier alpha value is -5.76. The number of benzene rings is 3. The summed E-state index contributed by atoms with van der Waals surface area (Å²) in [6, 6.07) is 23.4. The summed E-state index contributed by atoms with van der Waals surface area (Å²) < 4.78 is 35.8. The highest BCUT2D eigenvalue weighted by Crippen LogP contribution is 2.39. The lowest BCUT2D eigenvalue weighted by Crippen LogP contribution is -2.73. The second-order valence-corrected chi connectivity index (χ2v) is 16.7. The predicted molar refractivity (Wildman–Crippen MR) is 203 cm³/mol. The summed E-state index contributed by atoms with van der Waals surface area (Å²) in [6.07, 6.45) is -0.791. The molecule has 3 aliphatic rings. The van der Waals surface area contributed by atoms with Crippen molar-refractivity contribution in [1.82, 2.24) is 10.2 Å². The standard InChI is InChI=1S/C41H43N3O10S/c1-40(2,3)53-38(48)42-31-35(46)44-32(37(47)52-33(25-13-9-7-10-14-25)26-15-11-8-12-16-26)28(24-55(50)36(31)44)23-27-21-22-43(34(27)45)29-17-19-30(20-18-29)51-39(49)54-41(4,5)6/h7-20,23,31,33,36H,21-22,24H2,1-6H3,(H,42,48)/b27-23+. The van der Waals surface area contributed by atoms with Crippen molar-refractivity contribution >= 4 is 46.5 Å². The second kappa shape index (κ2) is 15.5. The number of nitrogens with one attached hydrogen (secondary N) is 1. The molecule has 0 bridgehead atoms. The summed E-state index contributed by atoms with van der Waals surface area (Å²) in [5, 5.41) is 1.44. The van der Waals surface area contributed by atoms with Gasteiger partial charge >= 0.3 is 18.2 Å². The van der Waals surface area contributed by atoms with Crippen LogP contribution < -0.4 is 15.0 Å². The number of carbonyl (C=O) groups is 5. The first kappa shape index (κ1) is 38.9. The highest BCUT2D eigenvalue weighted by atomic mass is 32.2. The molecule has 3 aliphatic heterocycles. The molecule has 3 heterocycles. The Labute approximate surface area is 321 Å². The lowest BCUT2D eigenvalue weighted by Gasteiger charge is -2.49. The van der Waals surface area contributed by atoms with Gasteiger partial charge in [0.15, 0.2) is 6.10 Å². The van der Waals surface area contributed by atoms with Crippen molar-refractivity contribution in [2.75, 3.05) is 17.2 Å². The van der Waals surface area contributed by atoms with E-state index in [4.69, 9.17) is 18.9 Å². The van der Waals surface area contributed by atoms with E-state index >= 15 is 0 Å². The first-order valence-corrected chi connectivity index (χ1v) is 19.1. The Kier molecular flexibility index (Phi) is 11.0. The molecular formula is C41H43N3O10S. The Balaban J connectivity index is 1.31. The normalized spacial score (nSPS) is 20.6. The molecule has 3 aromatic rings. The zero-order chi connectivity index (χ0) is 39.7. The third kappa shape index (κ3) is 8.97. The monoisotopic (exact) mass is 769 g/mol. The van der Waals surface area contributed by atoms with Gasteiger partial charge in [-0.1, -0.05) is 60.7 Å². The maximum Gasteiger partial charge on any atom is 0.514 e. The van der Waals surface area contributed by atoms with Crippen LogP contribution in [-0.2, 0) is 39.4 Å². The average molecular weight is 770 g/mol. The fraction of sp³-hybridized carbons (Fsp3) is 0.341. The highest BCUT2D eigenvalue weighted by molar-refractivity contribution is 7.86. The molecule has 0 saturated carbocycles. The van der Waals surface area contributed by atoms with Gasteiger partial charge < -0.3 is 29.2 Å². The van der Waals surface area contributed by atoms with Crippen LogP contribution in [0.15, 0.2) is 108 Å². The number of β-lactam (4-membered cyclic amide) rings is 1. The summed E-state index contributed by atoms with van der Waals surface area (Å²) in [4.78, 5) is 69.4. The number of anilines is 1. The van der Waals surface area contributed by atoms with Gasteiger partial charge in [0, 0.05) is 17.8 Å². The van der Waals surface area contributed by atoms with Crippen molar-refractivity contribution in [3.63, 3.8) is 0 Å². The minimum Gasteiger partial charge on any atom is -0.448 e. The number of ether oxygens (including phenoxy) is 4. The Morgan fingerprint density at radius 2 is 1.42 bits per heavy atom. The van der Waals surface area contributed by atoms with Gasteiger partial charge in [-0.3, -0.25) is 18.7 Å². The molecule has 1 N–H and O–H groups in total. The second-order valence-electron chi connectivity index (χ2n) is 15.2. The van der Waals surface area contributed by atoms with E-state index in [-0.39, 0.29) is 35.1 Å². The molecule has 2 fully saturated rings. The Bertz CT molecular complexity index is 2030. The van der Waals surface area contributed by atoms with Crippen LogP contribution in [0.4, 0.5) is 15.3 Å². The van der Waals surface area contributed by atoms with E-state index in [0.717, 1.165) is 4.90 Å². The van der Waals surface area contributed by atoms with Crippen molar-refractivity contribution in [2.24, 2.45) is 0 Å². The molecule has 6 rings (SSSR count). The van der Waals surface area contributed by atoms with Gasteiger partial charge in [0.1, 0.15) is 34.1 Å².